The second-order valence-corrected chi connectivity index (χ2v) is 2.33. The smallest absolute Gasteiger partial charge is 0.229 e. The Hall–Kier alpha value is -0.960. The minimum absolute atomic E-state index is 0.389. The highest BCUT2D eigenvalue weighted by Gasteiger charge is 1.82. The average molecular weight is 156 g/mol. The van der Waals surface area contributed by atoms with E-state index in [1.165, 1.54) is 12.5 Å². The van der Waals surface area contributed by atoms with Crippen LogP contribution in [0.1, 0.15) is 0 Å². The van der Waals surface area contributed by atoms with Gasteiger partial charge in [0.05, 0.1) is 0 Å². The summed E-state index contributed by atoms with van der Waals surface area (Å²) in [6.07, 6.45) is 3.03. The fourth-order valence-corrected chi connectivity index (χ4v) is 0.877. The van der Waals surface area contributed by atoms with Crippen LogP contribution in [0.5, 0.6) is 0 Å². The summed E-state index contributed by atoms with van der Waals surface area (Å²) < 4.78 is 9.08. The van der Waals surface area contributed by atoms with Gasteiger partial charge in [-0.15, -0.1) is 0 Å². The molecule has 2 heterocycles. The highest BCUT2D eigenvalue weighted by molar-refractivity contribution is 7.07. The fraction of sp³-hybridized carbons (Fsp3) is 0.143. The minimum Gasteiger partial charge on any atom is -0.462 e. The first kappa shape index (κ1) is 7.15. The Balaban J connectivity index is 0.0000001000. The van der Waals surface area contributed by atoms with Gasteiger partial charge in [-0.2, -0.15) is 11.3 Å². The normalized spacial score (nSPS) is 12.8. The molecule has 0 aromatic carbocycles. The highest BCUT2D eigenvalue weighted by Crippen LogP contribution is 1.91. The molecule has 0 spiro atoms. The van der Waals surface area contributed by atoms with Crippen molar-refractivity contribution in [1.82, 2.24) is 0 Å². The summed E-state index contributed by atoms with van der Waals surface area (Å²) in [4.78, 5) is 0. The van der Waals surface area contributed by atoms with E-state index in [0.717, 1.165) is 0 Å². The van der Waals surface area contributed by atoms with E-state index >= 15 is 0 Å². The van der Waals surface area contributed by atoms with Gasteiger partial charge in [-0.25, -0.2) is 0 Å². The van der Waals surface area contributed by atoms with Gasteiger partial charge in [0.1, 0.15) is 12.5 Å². The molecular formula is C7H8O2S. The number of rotatable bonds is 0. The third-order valence-electron chi connectivity index (χ3n) is 0.809. The Kier molecular flexibility index (Phi) is 3.49. The topological polar surface area (TPSA) is 18.5 Å². The molecule has 1 aromatic rings. The van der Waals surface area contributed by atoms with Crippen molar-refractivity contribution in [1.29, 1.82) is 0 Å². The van der Waals surface area contributed by atoms with Crippen LogP contribution in [-0.4, -0.2) is 6.79 Å². The molecule has 0 N–H and O–H groups in total. The molecule has 0 atom stereocenters. The molecule has 10 heavy (non-hydrogen) atoms. The van der Waals surface area contributed by atoms with Gasteiger partial charge >= 0.3 is 0 Å². The maximum absolute atomic E-state index is 4.54. The maximum atomic E-state index is 4.54. The monoisotopic (exact) mass is 156 g/mol. The van der Waals surface area contributed by atoms with E-state index < -0.39 is 0 Å². The van der Waals surface area contributed by atoms with E-state index in [1.807, 2.05) is 22.9 Å². The molecule has 54 valence electrons. The van der Waals surface area contributed by atoms with E-state index in [-0.39, 0.29) is 0 Å². The number of ether oxygens (including phenoxy) is 2. The molecule has 0 saturated carbocycles. The Bertz CT molecular complexity index is 147. The molecule has 0 unspecified atom stereocenters. The first-order valence-corrected chi connectivity index (χ1v) is 3.80. The molecular weight excluding hydrogens is 148 g/mol. The van der Waals surface area contributed by atoms with Crippen molar-refractivity contribution in [2.45, 2.75) is 0 Å². The maximum Gasteiger partial charge on any atom is 0.229 e. The lowest BCUT2D eigenvalue weighted by molar-refractivity contribution is 0.0920. The molecule has 3 heteroatoms. The van der Waals surface area contributed by atoms with Crippen LogP contribution in [-0.2, 0) is 9.47 Å². The zero-order valence-electron chi connectivity index (χ0n) is 5.40. The lowest BCUT2D eigenvalue weighted by Gasteiger charge is -1.82. The van der Waals surface area contributed by atoms with Gasteiger partial charge in [0.15, 0.2) is 0 Å². The molecule has 0 radical (unpaired) electrons. The van der Waals surface area contributed by atoms with Crippen LogP contribution in [0, 0.1) is 0 Å². The lowest BCUT2D eigenvalue weighted by atomic mass is 10.7. The van der Waals surface area contributed by atoms with E-state index in [9.17, 15) is 0 Å². The molecule has 0 fully saturated rings. The van der Waals surface area contributed by atoms with Gasteiger partial charge in [-0.05, 0) is 10.8 Å². The van der Waals surface area contributed by atoms with Gasteiger partial charge in [0.2, 0.25) is 6.79 Å². The van der Waals surface area contributed by atoms with Gasteiger partial charge < -0.3 is 9.47 Å². The second kappa shape index (κ2) is 4.88. The van der Waals surface area contributed by atoms with E-state index in [4.69, 9.17) is 0 Å². The summed E-state index contributed by atoms with van der Waals surface area (Å²) in [7, 11) is 0. The molecule has 0 bridgehead atoms. The number of hydrogen-bond acceptors (Lipinski definition) is 3. The summed E-state index contributed by atoms with van der Waals surface area (Å²) in [5.41, 5.74) is 0. The lowest BCUT2D eigenvalue weighted by Crippen LogP contribution is -1.75. The Morgan fingerprint density at radius 3 is 1.80 bits per heavy atom. The third kappa shape index (κ3) is 3.14. The van der Waals surface area contributed by atoms with Crippen LogP contribution in [0.15, 0.2) is 35.4 Å². The Labute approximate surface area is 63.7 Å². The van der Waals surface area contributed by atoms with E-state index in [1.54, 1.807) is 11.3 Å². The Morgan fingerprint density at radius 1 is 1.00 bits per heavy atom. The predicted octanol–water partition coefficient (Wildman–Crippen LogP) is 2.21. The average Bonchev–Trinajstić information content (AvgIpc) is 2.67. The fourth-order valence-electron chi connectivity index (χ4n) is 0.423. The van der Waals surface area contributed by atoms with Gasteiger partial charge in [-0.1, -0.05) is 12.1 Å². The molecule has 0 aliphatic carbocycles. The van der Waals surface area contributed by atoms with Crippen LogP contribution >= 0.6 is 11.3 Å². The van der Waals surface area contributed by atoms with E-state index in [2.05, 4.69) is 9.47 Å². The van der Waals surface area contributed by atoms with Crippen molar-refractivity contribution in [3.8, 4) is 0 Å². The summed E-state index contributed by atoms with van der Waals surface area (Å²) in [6.45, 7) is 0.389. The van der Waals surface area contributed by atoms with Crippen molar-refractivity contribution in [2.24, 2.45) is 0 Å². The molecule has 1 aliphatic heterocycles. The van der Waals surface area contributed by atoms with Crippen LogP contribution in [0.3, 0.4) is 0 Å². The van der Waals surface area contributed by atoms with Crippen LogP contribution < -0.4 is 0 Å². The molecule has 0 saturated heterocycles. The van der Waals surface area contributed by atoms with Crippen molar-refractivity contribution in [3.05, 3.63) is 35.4 Å². The van der Waals surface area contributed by atoms with Gasteiger partial charge in [0.25, 0.3) is 0 Å². The zero-order valence-corrected chi connectivity index (χ0v) is 6.21. The number of thiophene rings is 1. The first-order chi connectivity index (χ1) is 5.00. The van der Waals surface area contributed by atoms with Gasteiger partial charge in [-0.3, -0.25) is 0 Å². The molecule has 1 aliphatic rings. The highest BCUT2D eigenvalue weighted by atomic mass is 32.1. The van der Waals surface area contributed by atoms with Crippen LogP contribution in [0.4, 0.5) is 0 Å². The SMILES string of the molecule is C1=COCO1.c1ccsc1. The summed E-state index contributed by atoms with van der Waals surface area (Å²) in [5.74, 6) is 0. The second-order valence-electron chi connectivity index (χ2n) is 1.52. The molecule has 2 rings (SSSR count). The molecule has 2 nitrogen and oxygen atoms in total. The van der Waals surface area contributed by atoms with Gasteiger partial charge in [0, 0.05) is 0 Å². The standard InChI is InChI=1S/C4H4S.C3H4O2/c1-2-4-5-3-1;1-2-5-3-4-1/h1-4H;1-2H,3H2. The third-order valence-corrected chi connectivity index (χ3v) is 1.44. The first-order valence-electron chi connectivity index (χ1n) is 2.85. The molecule has 0 amide bonds. The van der Waals surface area contributed by atoms with Crippen LogP contribution in [0.2, 0.25) is 0 Å². The summed E-state index contributed by atoms with van der Waals surface area (Å²) in [5, 5.41) is 4.08. The summed E-state index contributed by atoms with van der Waals surface area (Å²) >= 11 is 1.71. The van der Waals surface area contributed by atoms with Crippen molar-refractivity contribution in [2.75, 3.05) is 6.79 Å². The van der Waals surface area contributed by atoms with Crippen LogP contribution in [0.25, 0.3) is 0 Å². The number of hydrogen-bond donors (Lipinski definition) is 0. The quantitative estimate of drug-likeness (QED) is 0.573. The zero-order chi connectivity index (χ0) is 7.07. The van der Waals surface area contributed by atoms with Crippen molar-refractivity contribution in [3.63, 3.8) is 0 Å². The Morgan fingerprint density at radius 2 is 1.60 bits per heavy atom. The minimum atomic E-state index is 0.389. The van der Waals surface area contributed by atoms with E-state index in [0.29, 0.717) is 6.79 Å². The summed E-state index contributed by atoms with van der Waals surface area (Å²) in [6, 6.07) is 4.04. The molecule has 1 aromatic heterocycles. The predicted molar refractivity (Wildman–Crippen MR) is 40.5 cm³/mol. The van der Waals surface area contributed by atoms with Crippen molar-refractivity contribution < 1.29 is 9.47 Å². The van der Waals surface area contributed by atoms with Crippen molar-refractivity contribution >= 4 is 11.3 Å². The largest absolute Gasteiger partial charge is 0.462 e.